The van der Waals surface area contributed by atoms with Crippen molar-refractivity contribution in [3.63, 3.8) is 0 Å². The van der Waals surface area contributed by atoms with Crippen LogP contribution in [0.25, 0.3) is 0 Å². The minimum Gasteiger partial charge on any atom is -0.271 e. The zero-order chi connectivity index (χ0) is 7.56. The first-order valence-corrected chi connectivity index (χ1v) is 3.78. The van der Waals surface area contributed by atoms with Crippen LogP contribution in [-0.4, -0.2) is 9.59 Å². The van der Waals surface area contributed by atoms with Crippen LogP contribution in [0.3, 0.4) is 0 Å². The molecule has 0 aliphatic carbocycles. The average molecular weight is 158 g/mol. The molecule has 10 heavy (non-hydrogen) atoms. The maximum atomic E-state index is 5.23. The first-order chi connectivity index (χ1) is 4.75. The van der Waals surface area contributed by atoms with E-state index in [4.69, 9.17) is 5.84 Å². The third-order valence-corrected chi connectivity index (χ3v) is 2.34. The molecule has 0 saturated carbocycles. The summed E-state index contributed by atoms with van der Waals surface area (Å²) in [5.41, 5.74) is 3.59. The topological polar surface area (TPSA) is 63.8 Å². The van der Waals surface area contributed by atoms with Crippen LogP contribution in [0.1, 0.15) is 23.5 Å². The Morgan fingerprint density at radius 2 is 2.40 bits per heavy atom. The number of aromatic nitrogens is 2. The van der Waals surface area contributed by atoms with Gasteiger partial charge in [-0.15, -0.1) is 5.10 Å². The van der Waals surface area contributed by atoms with Gasteiger partial charge in [0.1, 0.15) is 0 Å². The molecule has 56 valence electrons. The number of nitrogens with two attached hydrogens (primary N) is 1. The lowest BCUT2D eigenvalue weighted by atomic mass is 10.2. The maximum absolute atomic E-state index is 5.23. The van der Waals surface area contributed by atoms with Crippen molar-refractivity contribution in [3.8, 4) is 0 Å². The summed E-state index contributed by atoms with van der Waals surface area (Å²) in [5.74, 6) is 5.23. The Labute approximate surface area is 63.6 Å². The second-order valence-corrected chi connectivity index (χ2v) is 2.90. The second-order valence-electron chi connectivity index (χ2n) is 2.11. The van der Waals surface area contributed by atoms with Gasteiger partial charge in [0.15, 0.2) is 0 Å². The summed E-state index contributed by atoms with van der Waals surface area (Å²) in [6, 6.07) is 0.153. The van der Waals surface area contributed by atoms with Crippen molar-refractivity contribution in [2.45, 2.75) is 19.9 Å². The Bertz CT molecular complexity index is 209. The molecule has 3 N–H and O–H groups in total. The zero-order valence-electron chi connectivity index (χ0n) is 5.96. The summed E-state index contributed by atoms with van der Waals surface area (Å²) >= 11 is 1.38. The third-order valence-electron chi connectivity index (χ3n) is 1.33. The summed E-state index contributed by atoms with van der Waals surface area (Å²) in [5, 5.41) is 3.86. The molecule has 1 aromatic rings. The molecule has 0 bridgehead atoms. The number of hydrazine groups is 1. The molecular formula is C5H10N4S. The highest BCUT2D eigenvalue weighted by molar-refractivity contribution is 7.05. The molecule has 1 atom stereocenters. The zero-order valence-corrected chi connectivity index (χ0v) is 6.77. The van der Waals surface area contributed by atoms with E-state index in [-0.39, 0.29) is 6.04 Å². The van der Waals surface area contributed by atoms with E-state index in [1.807, 2.05) is 13.8 Å². The normalized spacial score (nSPS) is 13.5. The van der Waals surface area contributed by atoms with Gasteiger partial charge in [-0.05, 0) is 25.4 Å². The second kappa shape index (κ2) is 3.05. The van der Waals surface area contributed by atoms with E-state index >= 15 is 0 Å². The summed E-state index contributed by atoms with van der Waals surface area (Å²) < 4.78 is 3.79. The number of hydrogen-bond acceptors (Lipinski definition) is 5. The molecule has 1 rings (SSSR count). The molecule has 0 aliphatic heterocycles. The Hall–Kier alpha value is -0.520. The lowest BCUT2D eigenvalue weighted by Crippen LogP contribution is -2.25. The quantitative estimate of drug-likeness (QED) is 0.482. The predicted molar refractivity (Wildman–Crippen MR) is 40.4 cm³/mol. The molecule has 5 heteroatoms. The van der Waals surface area contributed by atoms with Gasteiger partial charge < -0.3 is 0 Å². The highest BCUT2D eigenvalue weighted by Gasteiger charge is 2.09. The lowest BCUT2D eigenvalue weighted by molar-refractivity contribution is 0.608. The summed E-state index contributed by atoms with van der Waals surface area (Å²) in [6.45, 7) is 3.90. The van der Waals surface area contributed by atoms with Crippen LogP contribution in [0.4, 0.5) is 0 Å². The van der Waals surface area contributed by atoms with Crippen LogP contribution in [0.15, 0.2) is 0 Å². The van der Waals surface area contributed by atoms with E-state index in [0.29, 0.717) is 0 Å². The van der Waals surface area contributed by atoms with Crippen molar-refractivity contribution >= 4 is 11.5 Å². The SMILES string of the molecule is Cc1nnsc1C(C)NN. The molecule has 4 nitrogen and oxygen atoms in total. The van der Waals surface area contributed by atoms with Crippen molar-refractivity contribution in [2.75, 3.05) is 0 Å². The van der Waals surface area contributed by atoms with Gasteiger partial charge in [-0.3, -0.25) is 11.3 Å². The van der Waals surface area contributed by atoms with Crippen molar-refractivity contribution < 1.29 is 0 Å². The molecule has 0 spiro atoms. The third kappa shape index (κ3) is 1.31. The molecule has 0 fully saturated rings. The molecule has 0 amide bonds. The van der Waals surface area contributed by atoms with Crippen LogP contribution in [-0.2, 0) is 0 Å². The van der Waals surface area contributed by atoms with E-state index in [9.17, 15) is 0 Å². The van der Waals surface area contributed by atoms with Gasteiger partial charge in [0.2, 0.25) is 0 Å². The van der Waals surface area contributed by atoms with Crippen LogP contribution in [0, 0.1) is 6.92 Å². The van der Waals surface area contributed by atoms with E-state index < -0.39 is 0 Å². The van der Waals surface area contributed by atoms with Gasteiger partial charge in [0, 0.05) is 0 Å². The van der Waals surface area contributed by atoms with Gasteiger partial charge in [-0.1, -0.05) is 4.49 Å². The van der Waals surface area contributed by atoms with Gasteiger partial charge in [0.25, 0.3) is 0 Å². The Morgan fingerprint density at radius 1 is 1.70 bits per heavy atom. The van der Waals surface area contributed by atoms with Gasteiger partial charge in [0.05, 0.1) is 16.6 Å². The van der Waals surface area contributed by atoms with Crippen molar-refractivity contribution in [1.82, 2.24) is 15.0 Å². The van der Waals surface area contributed by atoms with Crippen LogP contribution in [0.2, 0.25) is 0 Å². The van der Waals surface area contributed by atoms with E-state index in [0.717, 1.165) is 10.6 Å². The Morgan fingerprint density at radius 3 is 2.80 bits per heavy atom. The van der Waals surface area contributed by atoms with Crippen LogP contribution < -0.4 is 11.3 Å². The van der Waals surface area contributed by atoms with Crippen LogP contribution in [0.5, 0.6) is 0 Å². The molecule has 0 saturated heterocycles. The number of nitrogens with zero attached hydrogens (tertiary/aromatic N) is 2. The fourth-order valence-electron chi connectivity index (χ4n) is 0.709. The number of hydrogen-bond donors (Lipinski definition) is 2. The Balaban J connectivity index is 2.82. The molecular weight excluding hydrogens is 148 g/mol. The lowest BCUT2D eigenvalue weighted by Gasteiger charge is -2.05. The van der Waals surface area contributed by atoms with E-state index in [1.165, 1.54) is 11.5 Å². The molecule has 1 aromatic heterocycles. The monoisotopic (exact) mass is 158 g/mol. The molecule has 0 aromatic carbocycles. The average Bonchev–Trinajstić information content (AvgIpc) is 2.34. The van der Waals surface area contributed by atoms with Crippen molar-refractivity contribution in [1.29, 1.82) is 0 Å². The Kier molecular flexibility index (Phi) is 2.31. The summed E-state index contributed by atoms with van der Waals surface area (Å²) in [6.07, 6.45) is 0. The van der Waals surface area contributed by atoms with E-state index in [1.54, 1.807) is 0 Å². The molecule has 1 heterocycles. The first-order valence-electron chi connectivity index (χ1n) is 3.00. The standard InChI is InChI=1S/C5H10N4S/c1-3(7-6)5-4(2)8-9-10-5/h3,7H,6H2,1-2H3. The highest BCUT2D eigenvalue weighted by atomic mass is 32.1. The summed E-state index contributed by atoms with van der Waals surface area (Å²) in [7, 11) is 0. The molecule has 1 unspecified atom stereocenters. The fraction of sp³-hybridized carbons (Fsp3) is 0.600. The van der Waals surface area contributed by atoms with Crippen molar-refractivity contribution in [3.05, 3.63) is 10.6 Å². The number of rotatable bonds is 2. The largest absolute Gasteiger partial charge is 0.271 e. The minimum absolute atomic E-state index is 0.153. The van der Waals surface area contributed by atoms with Crippen molar-refractivity contribution in [2.24, 2.45) is 5.84 Å². The van der Waals surface area contributed by atoms with Gasteiger partial charge in [-0.25, -0.2) is 0 Å². The van der Waals surface area contributed by atoms with Crippen LogP contribution >= 0.6 is 11.5 Å². The maximum Gasteiger partial charge on any atom is 0.0773 e. The highest BCUT2D eigenvalue weighted by Crippen LogP contribution is 2.17. The first kappa shape index (κ1) is 7.59. The molecule has 0 aliphatic rings. The summed E-state index contributed by atoms with van der Waals surface area (Å²) in [4.78, 5) is 1.10. The smallest absolute Gasteiger partial charge is 0.0773 e. The van der Waals surface area contributed by atoms with Gasteiger partial charge >= 0.3 is 0 Å². The molecule has 0 radical (unpaired) electrons. The van der Waals surface area contributed by atoms with Gasteiger partial charge in [-0.2, -0.15) is 0 Å². The minimum atomic E-state index is 0.153. The fourth-order valence-corrected chi connectivity index (χ4v) is 1.36. The predicted octanol–water partition coefficient (Wildman–Crippen LogP) is 0.371. The van der Waals surface area contributed by atoms with E-state index in [2.05, 4.69) is 15.0 Å². The number of nitrogens with one attached hydrogen (secondary N) is 1. The number of aryl methyl sites for hydroxylation is 1.